The number of hydrogen-bond acceptors (Lipinski definition) is 9. The number of thiophene rings is 1. The van der Waals surface area contributed by atoms with Gasteiger partial charge in [-0.1, -0.05) is 42.4 Å². The van der Waals surface area contributed by atoms with E-state index in [2.05, 4.69) is 20.4 Å². The van der Waals surface area contributed by atoms with Gasteiger partial charge in [0.25, 0.3) is 11.1 Å². The van der Waals surface area contributed by atoms with Crippen LogP contribution in [0, 0.1) is 6.92 Å². The molecule has 31 heavy (non-hydrogen) atoms. The third-order valence-electron chi connectivity index (χ3n) is 4.36. The Morgan fingerprint density at radius 1 is 1.10 bits per heavy atom. The maximum absolute atomic E-state index is 12.8. The Morgan fingerprint density at radius 2 is 1.97 bits per heavy atom. The molecule has 1 aromatic carbocycles. The molecule has 0 bridgehead atoms. The Balaban J connectivity index is 1.37. The topological polar surface area (TPSA) is 98.2 Å². The molecule has 0 aliphatic carbocycles. The first-order valence-electron chi connectivity index (χ1n) is 9.79. The molecule has 3 aromatic heterocycles. The maximum atomic E-state index is 12.8. The van der Waals surface area contributed by atoms with Crippen LogP contribution in [0.2, 0.25) is 0 Å². The minimum Gasteiger partial charge on any atom is -0.418 e. The lowest BCUT2D eigenvalue weighted by molar-refractivity contribution is -0.129. The van der Waals surface area contributed by atoms with Crippen LogP contribution in [0.25, 0.3) is 22.2 Å². The first-order chi connectivity index (χ1) is 15.1. The molecule has 0 radical (unpaired) electrons. The van der Waals surface area contributed by atoms with E-state index in [0.717, 1.165) is 22.4 Å². The second-order valence-corrected chi connectivity index (χ2v) is 8.70. The fourth-order valence-corrected chi connectivity index (χ4v) is 4.23. The van der Waals surface area contributed by atoms with E-state index >= 15 is 0 Å². The van der Waals surface area contributed by atoms with Gasteiger partial charge in [0.15, 0.2) is 0 Å². The maximum Gasteiger partial charge on any atom is 0.277 e. The van der Waals surface area contributed by atoms with Crippen LogP contribution in [-0.2, 0) is 11.3 Å². The van der Waals surface area contributed by atoms with Gasteiger partial charge in [0, 0.05) is 12.1 Å². The van der Waals surface area contributed by atoms with Crippen molar-refractivity contribution in [3.05, 3.63) is 53.2 Å². The molecule has 0 aliphatic rings. The summed E-state index contributed by atoms with van der Waals surface area (Å²) in [6.45, 7) is 4.88. The molecule has 3 heterocycles. The minimum absolute atomic E-state index is 0.0574. The van der Waals surface area contributed by atoms with Crippen LogP contribution in [0.5, 0.6) is 0 Å². The molecule has 0 N–H and O–H groups in total. The summed E-state index contributed by atoms with van der Waals surface area (Å²) in [5.41, 5.74) is 1.97. The van der Waals surface area contributed by atoms with Crippen molar-refractivity contribution in [1.82, 2.24) is 25.3 Å². The lowest BCUT2D eigenvalue weighted by atomic mass is 10.1. The molecule has 10 heteroatoms. The SMILES string of the molecule is CCCN(Cc1nnc(-c2cccs2)o1)C(=O)CSc1nnc(-c2cccc(C)c2)o1. The molecular formula is C21H21N5O3S2. The number of nitrogens with zero attached hydrogens (tertiary/aromatic N) is 5. The highest BCUT2D eigenvalue weighted by Gasteiger charge is 2.19. The zero-order valence-electron chi connectivity index (χ0n) is 17.1. The largest absolute Gasteiger partial charge is 0.418 e. The number of benzene rings is 1. The van der Waals surface area contributed by atoms with Crippen LogP contribution in [0.15, 0.2) is 55.8 Å². The van der Waals surface area contributed by atoms with Crippen molar-refractivity contribution in [2.75, 3.05) is 12.3 Å². The lowest BCUT2D eigenvalue weighted by Crippen LogP contribution is -2.32. The monoisotopic (exact) mass is 455 g/mol. The van der Waals surface area contributed by atoms with Crippen molar-refractivity contribution in [2.45, 2.75) is 32.0 Å². The van der Waals surface area contributed by atoms with Crippen LogP contribution in [0.1, 0.15) is 24.8 Å². The predicted octanol–water partition coefficient (Wildman–Crippen LogP) is 4.69. The molecule has 4 rings (SSSR count). The molecule has 0 unspecified atom stereocenters. The molecule has 1 amide bonds. The average Bonchev–Trinajstić information content (AvgIpc) is 3.53. The smallest absolute Gasteiger partial charge is 0.277 e. The summed E-state index contributed by atoms with van der Waals surface area (Å²) in [6.07, 6.45) is 0.820. The van der Waals surface area contributed by atoms with Crippen molar-refractivity contribution >= 4 is 29.0 Å². The van der Waals surface area contributed by atoms with E-state index in [4.69, 9.17) is 8.83 Å². The molecule has 0 saturated heterocycles. The minimum atomic E-state index is -0.0574. The average molecular weight is 456 g/mol. The fourth-order valence-electron chi connectivity index (χ4n) is 2.92. The van der Waals surface area contributed by atoms with Gasteiger partial charge < -0.3 is 13.7 Å². The summed E-state index contributed by atoms with van der Waals surface area (Å²) in [6, 6.07) is 11.7. The summed E-state index contributed by atoms with van der Waals surface area (Å²) in [5.74, 6) is 1.45. The molecular weight excluding hydrogens is 434 g/mol. The van der Waals surface area contributed by atoms with Crippen molar-refractivity contribution in [1.29, 1.82) is 0 Å². The number of rotatable bonds is 9. The van der Waals surface area contributed by atoms with E-state index in [1.807, 2.05) is 55.6 Å². The number of carbonyl (C=O) groups excluding carboxylic acids is 1. The number of amides is 1. The Labute approximate surface area is 187 Å². The molecule has 8 nitrogen and oxygen atoms in total. The van der Waals surface area contributed by atoms with Crippen molar-refractivity contribution in [2.24, 2.45) is 0 Å². The number of aryl methyl sites for hydroxylation is 1. The van der Waals surface area contributed by atoms with Crippen molar-refractivity contribution in [3.8, 4) is 22.2 Å². The fraction of sp³-hybridized carbons (Fsp3) is 0.286. The second kappa shape index (κ2) is 9.88. The van der Waals surface area contributed by atoms with Gasteiger partial charge in [-0.05, 0) is 36.9 Å². The van der Waals surface area contributed by atoms with Crippen LogP contribution < -0.4 is 0 Å². The standard InChI is InChI=1S/C21H21N5O3S2/c1-3-9-26(12-17-22-24-20(28-17)16-8-5-10-30-16)18(27)13-31-21-25-23-19(29-21)15-7-4-6-14(2)11-15/h4-8,10-11H,3,9,12-13H2,1-2H3. The van der Waals surface area contributed by atoms with E-state index in [0.29, 0.717) is 29.4 Å². The van der Waals surface area contributed by atoms with Crippen LogP contribution >= 0.6 is 23.1 Å². The highest BCUT2D eigenvalue weighted by molar-refractivity contribution is 7.99. The summed E-state index contributed by atoms with van der Waals surface area (Å²) >= 11 is 2.75. The number of aromatic nitrogens is 4. The van der Waals surface area contributed by atoms with Crippen LogP contribution in [-0.4, -0.2) is 43.5 Å². The highest BCUT2D eigenvalue weighted by Crippen LogP contribution is 2.25. The van der Waals surface area contributed by atoms with E-state index in [1.165, 1.54) is 23.1 Å². The summed E-state index contributed by atoms with van der Waals surface area (Å²) in [7, 11) is 0. The molecule has 0 aliphatic heterocycles. The number of thioether (sulfide) groups is 1. The Kier molecular flexibility index (Phi) is 6.78. The molecule has 160 valence electrons. The van der Waals surface area contributed by atoms with Crippen molar-refractivity contribution < 1.29 is 13.6 Å². The van der Waals surface area contributed by atoms with Gasteiger partial charge in [-0.15, -0.1) is 31.7 Å². The number of hydrogen-bond donors (Lipinski definition) is 0. The lowest BCUT2D eigenvalue weighted by Gasteiger charge is -2.19. The van der Waals surface area contributed by atoms with E-state index in [1.54, 1.807) is 4.90 Å². The van der Waals surface area contributed by atoms with Gasteiger partial charge in [-0.25, -0.2) is 0 Å². The predicted molar refractivity (Wildman–Crippen MR) is 119 cm³/mol. The molecule has 0 fully saturated rings. The first kappa shape index (κ1) is 21.3. The highest BCUT2D eigenvalue weighted by atomic mass is 32.2. The van der Waals surface area contributed by atoms with Gasteiger partial charge in [-0.3, -0.25) is 4.79 Å². The Morgan fingerprint density at radius 3 is 2.74 bits per heavy atom. The molecule has 0 saturated carbocycles. The number of carbonyl (C=O) groups is 1. The van der Waals surface area contributed by atoms with Gasteiger partial charge in [-0.2, -0.15) is 0 Å². The first-order valence-corrected chi connectivity index (χ1v) is 11.7. The van der Waals surface area contributed by atoms with Gasteiger partial charge >= 0.3 is 0 Å². The quantitative estimate of drug-likeness (QED) is 0.335. The van der Waals surface area contributed by atoms with E-state index in [-0.39, 0.29) is 18.2 Å². The summed E-state index contributed by atoms with van der Waals surface area (Å²) in [4.78, 5) is 15.4. The third-order valence-corrected chi connectivity index (χ3v) is 6.02. The van der Waals surface area contributed by atoms with E-state index < -0.39 is 0 Å². The zero-order chi connectivity index (χ0) is 21.6. The van der Waals surface area contributed by atoms with E-state index in [9.17, 15) is 4.79 Å². The Bertz CT molecular complexity index is 1140. The molecule has 0 spiro atoms. The van der Waals surface area contributed by atoms with Gasteiger partial charge in [0.1, 0.15) is 0 Å². The van der Waals surface area contributed by atoms with Crippen LogP contribution in [0.4, 0.5) is 0 Å². The second-order valence-electron chi connectivity index (χ2n) is 6.82. The van der Waals surface area contributed by atoms with Gasteiger partial charge in [0.2, 0.25) is 17.7 Å². The third kappa shape index (κ3) is 5.39. The van der Waals surface area contributed by atoms with Crippen LogP contribution in [0.3, 0.4) is 0 Å². The summed E-state index contributed by atoms with van der Waals surface area (Å²) < 4.78 is 11.4. The molecule has 4 aromatic rings. The zero-order valence-corrected chi connectivity index (χ0v) is 18.8. The van der Waals surface area contributed by atoms with Gasteiger partial charge in [0.05, 0.1) is 17.2 Å². The summed E-state index contributed by atoms with van der Waals surface area (Å²) in [5, 5.41) is 18.6. The normalized spacial score (nSPS) is 11.0. The molecule has 0 atom stereocenters. The van der Waals surface area contributed by atoms with Crippen molar-refractivity contribution in [3.63, 3.8) is 0 Å². The Hall–Kier alpha value is -2.98.